The minimum absolute atomic E-state index is 0.0400. The van der Waals surface area contributed by atoms with Crippen molar-refractivity contribution in [3.05, 3.63) is 101 Å². The maximum atomic E-state index is 13.3. The fourth-order valence-electron chi connectivity index (χ4n) is 5.22. The van der Waals surface area contributed by atoms with Crippen molar-refractivity contribution < 1.29 is 33.7 Å². The van der Waals surface area contributed by atoms with Crippen LogP contribution in [0, 0.1) is 6.92 Å². The third kappa shape index (κ3) is 6.37. The summed E-state index contributed by atoms with van der Waals surface area (Å²) in [5, 5.41) is 11.3. The molecule has 0 spiro atoms. The Kier molecular flexibility index (Phi) is 9.00. The Bertz CT molecular complexity index is 1460. The lowest BCUT2D eigenvalue weighted by Gasteiger charge is -2.29. The van der Waals surface area contributed by atoms with Crippen molar-refractivity contribution in [2.45, 2.75) is 19.4 Å². The van der Waals surface area contributed by atoms with E-state index in [2.05, 4.69) is 4.90 Å². The van der Waals surface area contributed by atoms with Crippen molar-refractivity contribution in [1.29, 1.82) is 0 Å². The van der Waals surface area contributed by atoms with Crippen LogP contribution in [0.25, 0.3) is 5.76 Å². The fourth-order valence-corrected chi connectivity index (χ4v) is 5.22. The van der Waals surface area contributed by atoms with Crippen LogP contribution in [-0.4, -0.2) is 79.1 Å². The summed E-state index contributed by atoms with van der Waals surface area (Å²) >= 11 is 0. The van der Waals surface area contributed by atoms with E-state index in [1.165, 1.54) is 4.90 Å². The van der Waals surface area contributed by atoms with E-state index in [-0.39, 0.29) is 11.3 Å². The lowest BCUT2D eigenvalue weighted by molar-refractivity contribution is -0.140. The van der Waals surface area contributed by atoms with E-state index in [0.717, 1.165) is 25.2 Å². The standard InChI is InChI=1S/C33H34N2O7/c1-22-4-6-24(7-5-22)30(36)28-29(35(32(38)31(28)37)17-3-16-34-18-20-41-21-19-34)23-8-14-27(15-9-23)42-33(39)25-10-12-26(40-2)13-11-25/h4-15,29,36H,3,16-21H2,1-2H3/t29-/m1/s1. The van der Waals surface area contributed by atoms with Crippen molar-refractivity contribution in [3.63, 3.8) is 0 Å². The third-order valence-electron chi connectivity index (χ3n) is 7.57. The molecule has 218 valence electrons. The number of ketones is 1. The van der Waals surface area contributed by atoms with E-state index >= 15 is 0 Å². The van der Waals surface area contributed by atoms with Gasteiger partial charge in [0.15, 0.2) is 0 Å². The molecule has 9 heteroatoms. The van der Waals surface area contributed by atoms with Gasteiger partial charge in [0.05, 0.1) is 37.5 Å². The molecule has 0 radical (unpaired) electrons. The summed E-state index contributed by atoms with van der Waals surface area (Å²) in [6, 6.07) is 19.6. The fraction of sp³-hybridized carbons (Fsp3) is 0.303. The van der Waals surface area contributed by atoms with Crippen LogP contribution in [-0.2, 0) is 14.3 Å². The van der Waals surface area contributed by atoms with Gasteiger partial charge in [-0.3, -0.25) is 14.5 Å². The van der Waals surface area contributed by atoms with E-state index in [1.807, 2.05) is 19.1 Å². The highest BCUT2D eigenvalue weighted by Crippen LogP contribution is 2.40. The first kappa shape index (κ1) is 29.0. The summed E-state index contributed by atoms with van der Waals surface area (Å²) in [6.07, 6.45) is 0.658. The molecular weight excluding hydrogens is 536 g/mol. The highest BCUT2D eigenvalue weighted by molar-refractivity contribution is 6.46. The van der Waals surface area contributed by atoms with Crippen molar-refractivity contribution in [1.82, 2.24) is 9.80 Å². The zero-order chi connectivity index (χ0) is 29.6. The smallest absolute Gasteiger partial charge is 0.343 e. The molecule has 0 aromatic heterocycles. The number of benzene rings is 3. The lowest BCUT2D eigenvalue weighted by Crippen LogP contribution is -2.38. The lowest BCUT2D eigenvalue weighted by atomic mass is 9.95. The molecule has 2 heterocycles. The van der Waals surface area contributed by atoms with Crippen LogP contribution in [0.4, 0.5) is 0 Å². The van der Waals surface area contributed by atoms with E-state index < -0.39 is 23.7 Å². The maximum absolute atomic E-state index is 13.3. The van der Waals surface area contributed by atoms with Crippen molar-refractivity contribution in [2.24, 2.45) is 0 Å². The van der Waals surface area contributed by atoms with Gasteiger partial charge in [0.2, 0.25) is 0 Å². The number of methoxy groups -OCH3 is 1. The predicted molar refractivity (Wildman–Crippen MR) is 156 cm³/mol. The Labute approximate surface area is 244 Å². The number of likely N-dealkylation sites (tertiary alicyclic amines) is 1. The molecule has 5 rings (SSSR count). The molecule has 2 saturated heterocycles. The predicted octanol–water partition coefficient (Wildman–Crippen LogP) is 4.37. The van der Waals surface area contributed by atoms with Gasteiger partial charge < -0.3 is 24.2 Å². The van der Waals surface area contributed by atoms with Gasteiger partial charge in [-0.25, -0.2) is 4.79 Å². The van der Waals surface area contributed by atoms with E-state index in [0.29, 0.717) is 54.4 Å². The van der Waals surface area contributed by atoms with Crippen LogP contribution in [0.15, 0.2) is 78.4 Å². The Balaban J connectivity index is 1.41. The number of aliphatic hydroxyl groups is 1. The van der Waals surface area contributed by atoms with Gasteiger partial charge in [-0.1, -0.05) is 42.0 Å². The van der Waals surface area contributed by atoms with Crippen LogP contribution in [0.3, 0.4) is 0 Å². The number of aryl methyl sites for hydroxylation is 1. The first-order valence-electron chi connectivity index (χ1n) is 14.0. The highest BCUT2D eigenvalue weighted by Gasteiger charge is 2.45. The number of rotatable bonds is 9. The number of aliphatic hydroxyl groups excluding tert-OH is 1. The van der Waals surface area contributed by atoms with Gasteiger partial charge in [-0.2, -0.15) is 0 Å². The Morgan fingerprint density at radius 3 is 2.14 bits per heavy atom. The Hall–Kier alpha value is -4.47. The zero-order valence-electron chi connectivity index (χ0n) is 23.7. The molecular formula is C33H34N2O7. The van der Waals surface area contributed by atoms with Crippen LogP contribution in [0.5, 0.6) is 11.5 Å². The van der Waals surface area contributed by atoms with E-state index in [1.54, 1.807) is 67.8 Å². The number of amides is 1. The Morgan fingerprint density at radius 1 is 0.881 bits per heavy atom. The first-order chi connectivity index (χ1) is 20.4. The monoisotopic (exact) mass is 570 g/mol. The molecule has 1 N–H and O–H groups in total. The van der Waals surface area contributed by atoms with Gasteiger partial charge in [0, 0.05) is 31.7 Å². The number of morpholine rings is 1. The molecule has 0 aliphatic carbocycles. The van der Waals surface area contributed by atoms with Crippen LogP contribution >= 0.6 is 0 Å². The quantitative estimate of drug-likeness (QED) is 0.133. The molecule has 0 unspecified atom stereocenters. The summed E-state index contributed by atoms with van der Waals surface area (Å²) in [6.45, 7) is 6.04. The topological polar surface area (TPSA) is 106 Å². The van der Waals surface area contributed by atoms with Crippen molar-refractivity contribution >= 4 is 23.4 Å². The normalized spacial score (nSPS) is 18.7. The first-order valence-corrected chi connectivity index (χ1v) is 14.0. The minimum atomic E-state index is -0.790. The van der Waals surface area contributed by atoms with Gasteiger partial charge >= 0.3 is 5.97 Å². The molecule has 2 aliphatic heterocycles. The molecule has 9 nitrogen and oxygen atoms in total. The number of carbonyl (C=O) groups is 3. The summed E-state index contributed by atoms with van der Waals surface area (Å²) < 4.78 is 16.1. The average Bonchev–Trinajstić information content (AvgIpc) is 3.27. The number of ether oxygens (including phenoxy) is 3. The number of nitrogens with zero attached hydrogens (tertiary/aromatic N) is 2. The second-order valence-electron chi connectivity index (χ2n) is 10.4. The molecule has 2 fully saturated rings. The molecule has 42 heavy (non-hydrogen) atoms. The van der Waals surface area contributed by atoms with Crippen molar-refractivity contribution in [2.75, 3.05) is 46.5 Å². The molecule has 0 saturated carbocycles. The summed E-state index contributed by atoms with van der Waals surface area (Å²) in [7, 11) is 1.55. The van der Waals surface area contributed by atoms with Crippen LogP contribution in [0.1, 0.15) is 39.5 Å². The number of Topliss-reactive ketones (excluding diaryl/α,β-unsaturated/α-hetero) is 1. The second-order valence-corrected chi connectivity index (χ2v) is 10.4. The molecule has 1 amide bonds. The number of hydrogen-bond acceptors (Lipinski definition) is 8. The zero-order valence-corrected chi connectivity index (χ0v) is 23.7. The van der Waals surface area contributed by atoms with Gasteiger partial charge in [-0.05, 0) is 55.3 Å². The summed E-state index contributed by atoms with van der Waals surface area (Å²) in [5.74, 6) is -1.18. The van der Waals surface area contributed by atoms with Crippen LogP contribution < -0.4 is 9.47 Å². The Morgan fingerprint density at radius 2 is 1.50 bits per heavy atom. The molecule has 3 aromatic rings. The van der Waals surface area contributed by atoms with E-state index in [4.69, 9.17) is 14.2 Å². The number of carbonyl (C=O) groups excluding carboxylic acids is 3. The van der Waals surface area contributed by atoms with E-state index in [9.17, 15) is 19.5 Å². The summed E-state index contributed by atoms with van der Waals surface area (Å²) in [4.78, 5) is 43.1. The van der Waals surface area contributed by atoms with Gasteiger partial charge in [0.25, 0.3) is 11.7 Å². The molecule has 3 aromatic carbocycles. The van der Waals surface area contributed by atoms with Crippen molar-refractivity contribution in [3.8, 4) is 11.5 Å². The number of esters is 1. The minimum Gasteiger partial charge on any atom is -0.507 e. The molecule has 1 atom stereocenters. The molecule has 2 aliphatic rings. The SMILES string of the molecule is COc1ccc(C(=O)Oc2ccc([C@@H]3C(=C(O)c4ccc(C)cc4)C(=O)C(=O)N3CCCN3CCOCC3)cc2)cc1. The maximum Gasteiger partial charge on any atom is 0.343 e. The van der Waals surface area contributed by atoms with Gasteiger partial charge in [-0.15, -0.1) is 0 Å². The van der Waals surface area contributed by atoms with Gasteiger partial charge in [0.1, 0.15) is 17.3 Å². The average molecular weight is 571 g/mol. The second kappa shape index (κ2) is 13.0. The highest BCUT2D eigenvalue weighted by atomic mass is 16.5. The third-order valence-corrected chi connectivity index (χ3v) is 7.57. The molecule has 0 bridgehead atoms. The largest absolute Gasteiger partial charge is 0.507 e. The summed E-state index contributed by atoms with van der Waals surface area (Å²) in [5.41, 5.74) is 2.50. The number of hydrogen-bond donors (Lipinski definition) is 1. The van der Waals surface area contributed by atoms with Crippen LogP contribution in [0.2, 0.25) is 0 Å².